The topological polar surface area (TPSA) is 75.5 Å². The molecule has 0 heterocycles. The number of carbonyl (C=O) groups is 1. The van der Waals surface area contributed by atoms with Gasteiger partial charge in [0.05, 0.1) is 15.5 Å². The maximum absolute atomic E-state index is 11.3. The summed E-state index contributed by atoms with van der Waals surface area (Å²) in [4.78, 5) is 23.2. The molecule has 0 aliphatic heterocycles. The van der Waals surface area contributed by atoms with Gasteiger partial charge in [0, 0.05) is 39.7 Å². The molecule has 0 atom stereocenters. The van der Waals surface area contributed by atoms with Gasteiger partial charge in [-0.2, -0.15) is 0 Å². The number of rotatable bonds is 6. The average Bonchev–Trinajstić information content (AvgIpc) is 2.35. The third-order valence-electron chi connectivity index (χ3n) is 2.61. The molecule has 0 aromatic heterocycles. The first-order valence-corrected chi connectivity index (χ1v) is 6.14. The monoisotopic (exact) mass is 285 g/mol. The zero-order chi connectivity index (χ0) is 14.4. The van der Waals surface area contributed by atoms with Crippen LogP contribution in [0, 0.1) is 10.1 Å². The van der Waals surface area contributed by atoms with E-state index in [-0.39, 0.29) is 18.1 Å². The second-order valence-corrected chi connectivity index (χ2v) is 4.62. The van der Waals surface area contributed by atoms with Crippen molar-refractivity contribution in [2.24, 2.45) is 0 Å². The van der Waals surface area contributed by atoms with Crippen LogP contribution in [0.2, 0.25) is 5.02 Å². The highest BCUT2D eigenvalue weighted by atomic mass is 35.5. The van der Waals surface area contributed by atoms with E-state index in [4.69, 9.17) is 11.6 Å². The van der Waals surface area contributed by atoms with Crippen LogP contribution in [0.25, 0.3) is 0 Å². The van der Waals surface area contributed by atoms with E-state index >= 15 is 0 Å². The van der Waals surface area contributed by atoms with Gasteiger partial charge in [-0.3, -0.25) is 14.9 Å². The highest BCUT2D eigenvalue weighted by Crippen LogP contribution is 2.25. The van der Waals surface area contributed by atoms with E-state index in [0.29, 0.717) is 23.6 Å². The van der Waals surface area contributed by atoms with Crippen LogP contribution >= 0.6 is 11.6 Å². The summed E-state index contributed by atoms with van der Waals surface area (Å²) in [5, 5.41) is 14.2. The molecule has 0 saturated heterocycles. The highest BCUT2D eigenvalue weighted by molar-refractivity contribution is 6.31. The van der Waals surface area contributed by atoms with E-state index in [1.807, 2.05) is 0 Å². The number of amides is 1. The predicted molar refractivity (Wildman–Crippen MR) is 73.1 cm³/mol. The molecule has 0 saturated carbocycles. The van der Waals surface area contributed by atoms with E-state index in [9.17, 15) is 14.9 Å². The number of hydrogen-bond acceptors (Lipinski definition) is 4. The minimum absolute atomic E-state index is 0.00107. The van der Waals surface area contributed by atoms with Gasteiger partial charge >= 0.3 is 0 Å². The molecule has 6 nitrogen and oxygen atoms in total. The Hall–Kier alpha value is -1.66. The Bertz CT molecular complexity index is 477. The van der Waals surface area contributed by atoms with Crippen molar-refractivity contribution in [1.29, 1.82) is 0 Å². The SMILES string of the molecule is CN(C)C(=O)CCNCc1c(Cl)cccc1[N+](=O)[O-]. The van der Waals surface area contributed by atoms with Crippen molar-refractivity contribution < 1.29 is 9.72 Å². The quantitative estimate of drug-likeness (QED) is 0.491. The summed E-state index contributed by atoms with van der Waals surface area (Å²) >= 11 is 5.95. The summed E-state index contributed by atoms with van der Waals surface area (Å²) in [5.74, 6) is 0.00107. The summed E-state index contributed by atoms with van der Waals surface area (Å²) < 4.78 is 0. The molecule has 0 fully saturated rings. The first-order valence-electron chi connectivity index (χ1n) is 5.76. The number of benzene rings is 1. The second-order valence-electron chi connectivity index (χ2n) is 4.21. The van der Waals surface area contributed by atoms with Crippen LogP contribution in [0.4, 0.5) is 5.69 Å². The van der Waals surface area contributed by atoms with Crippen LogP contribution in [0.3, 0.4) is 0 Å². The van der Waals surface area contributed by atoms with Crippen LogP contribution < -0.4 is 5.32 Å². The van der Waals surface area contributed by atoms with E-state index in [2.05, 4.69) is 5.32 Å². The number of nitro groups is 1. The fourth-order valence-corrected chi connectivity index (χ4v) is 1.76. The minimum atomic E-state index is -0.464. The minimum Gasteiger partial charge on any atom is -0.349 e. The summed E-state index contributed by atoms with van der Waals surface area (Å²) in [6, 6.07) is 4.56. The fraction of sp³-hybridized carbons (Fsp3) is 0.417. The lowest BCUT2D eigenvalue weighted by molar-refractivity contribution is -0.385. The van der Waals surface area contributed by atoms with Gasteiger partial charge in [0.25, 0.3) is 5.69 Å². The molecule has 1 N–H and O–H groups in total. The number of hydrogen-bond donors (Lipinski definition) is 1. The Kier molecular flexibility index (Phi) is 5.72. The molecule has 19 heavy (non-hydrogen) atoms. The van der Waals surface area contributed by atoms with E-state index in [1.54, 1.807) is 26.2 Å². The third-order valence-corrected chi connectivity index (χ3v) is 2.96. The van der Waals surface area contributed by atoms with E-state index in [0.717, 1.165) is 0 Å². The van der Waals surface area contributed by atoms with E-state index < -0.39 is 4.92 Å². The first kappa shape index (κ1) is 15.4. The van der Waals surface area contributed by atoms with Crippen LogP contribution in [0.5, 0.6) is 0 Å². The smallest absolute Gasteiger partial charge is 0.275 e. The molecule has 1 aromatic rings. The standard InChI is InChI=1S/C12H16ClN3O3/c1-15(2)12(17)6-7-14-8-9-10(13)4-3-5-11(9)16(18)19/h3-5,14H,6-8H2,1-2H3. The lowest BCUT2D eigenvalue weighted by atomic mass is 10.2. The van der Waals surface area contributed by atoms with Gasteiger partial charge in [-0.05, 0) is 6.07 Å². The number of carbonyl (C=O) groups excluding carboxylic acids is 1. The summed E-state index contributed by atoms with van der Waals surface area (Å²) in [6.45, 7) is 0.704. The molecular formula is C12H16ClN3O3. The van der Waals surface area contributed by atoms with Crippen molar-refractivity contribution >= 4 is 23.2 Å². The molecule has 0 unspecified atom stereocenters. The second kappa shape index (κ2) is 7.06. The fourth-order valence-electron chi connectivity index (χ4n) is 1.53. The van der Waals surface area contributed by atoms with E-state index in [1.165, 1.54) is 11.0 Å². The van der Waals surface area contributed by atoms with Gasteiger partial charge in [-0.1, -0.05) is 17.7 Å². The zero-order valence-corrected chi connectivity index (χ0v) is 11.6. The molecule has 0 aliphatic carbocycles. The Morgan fingerprint density at radius 1 is 1.47 bits per heavy atom. The van der Waals surface area contributed by atoms with Gasteiger partial charge in [-0.15, -0.1) is 0 Å². The number of nitro benzene ring substituents is 1. The van der Waals surface area contributed by atoms with Crippen LogP contribution in [0.15, 0.2) is 18.2 Å². The number of halogens is 1. The van der Waals surface area contributed by atoms with Crippen molar-refractivity contribution in [3.63, 3.8) is 0 Å². The molecule has 0 radical (unpaired) electrons. The molecule has 1 aromatic carbocycles. The number of nitrogens with zero attached hydrogens (tertiary/aromatic N) is 2. The Morgan fingerprint density at radius 2 is 2.16 bits per heavy atom. The third kappa shape index (κ3) is 4.50. The van der Waals surface area contributed by atoms with Gasteiger partial charge in [0.15, 0.2) is 0 Å². The zero-order valence-electron chi connectivity index (χ0n) is 10.9. The molecule has 0 bridgehead atoms. The molecule has 7 heteroatoms. The first-order chi connectivity index (χ1) is 8.93. The van der Waals surface area contributed by atoms with Gasteiger partial charge < -0.3 is 10.2 Å². The molecular weight excluding hydrogens is 270 g/mol. The largest absolute Gasteiger partial charge is 0.349 e. The van der Waals surface area contributed by atoms with Crippen molar-refractivity contribution in [2.75, 3.05) is 20.6 Å². The molecule has 1 rings (SSSR count). The Labute approximate surface area is 116 Å². The maximum Gasteiger partial charge on any atom is 0.275 e. The average molecular weight is 286 g/mol. The summed E-state index contributed by atoms with van der Waals surface area (Å²) in [7, 11) is 3.36. The van der Waals surface area contributed by atoms with Crippen molar-refractivity contribution in [3.05, 3.63) is 38.9 Å². The molecule has 0 aliphatic rings. The van der Waals surface area contributed by atoms with Gasteiger partial charge in [0.1, 0.15) is 0 Å². The lowest BCUT2D eigenvalue weighted by Gasteiger charge is -2.11. The van der Waals surface area contributed by atoms with Crippen molar-refractivity contribution in [2.45, 2.75) is 13.0 Å². The van der Waals surface area contributed by atoms with Crippen molar-refractivity contribution in [3.8, 4) is 0 Å². The van der Waals surface area contributed by atoms with Crippen LogP contribution in [0.1, 0.15) is 12.0 Å². The Balaban J connectivity index is 2.58. The van der Waals surface area contributed by atoms with Gasteiger partial charge in [-0.25, -0.2) is 0 Å². The molecule has 1 amide bonds. The van der Waals surface area contributed by atoms with Crippen LogP contribution in [-0.4, -0.2) is 36.4 Å². The maximum atomic E-state index is 11.3. The van der Waals surface area contributed by atoms with Crippen molar-refractivity contribution in [1.82, 2.24) is 10.2 Å². The molecule has 0 spiro atoms. The molecule has 104 valence electrons. The van der Waals surface area contributed by atoms with Gasteiger partial charge in [0.2, 0.25) is 5.91 Å². The summed E-state index contributed by atoms with van der Waals surface area (Å²) in [5.41, 5.74) is 0.422. The normalized spacial score (nSPS) is 10.3. The Morgan fingerprint density at radius 3 is 2.74 bits per heavy atom. The number of nitrogens with one attached hydrogen (secondary N) is 1. The highest BCUT2D eigenvalue weighted by Gasteiger charge is 2.15. The van der Waals surface area contributed by atoms with Crippen LogP contribution in [-0.2, 0) is 11.3 Å². The predicted octanol–water partition coefficient (Wildman–Crippen LogP) is 1.82. The summed E-state index contributed by atoms with van der Waals surface area (Å²) in [6.07, 6.45) is 0.339. The lowest BCUT2D eigenvalue weighted by Crippen LogP contribution is -2.26.